The molecule has 3 aromatic rings. The maximum absolute atomic E-state index is 11.4. The number of anilines is 1. The van der Waals surface area contributed by atoms with Crippen LogP contribution < -0.4 is 4.90 Å². The van der Waals surface area contributed by atoms with Gasteiger partial charge < -0.3 is 10.0 Å². The number of aromatic nitrogens is 2. The van der Waals surface area contributed by atoms with Crippen LogP contribution in [0.25, 0.3) is 22.3 Å². The van der Waals surface area contributed by atoms with Crippen LogP contribution in [0.5, 0.6) is 0 Å². The second-order valence-electron chi connectivity index (χ2n) is 6.38. The molecule has 1 aliphatic heterocycles. The van der Waals surface area contributed by atoms with Crippen molar-refractivity contribution in [2.75, 3.05) is 18.0 Å². The molecule has 0 bridgehead atoms. The molecule has 1 N–H and O–H groups in total. The fraction of sp³-hybridized carbons (Fsp3) is 0.250. The predicted molar refractivity (Wildman–Crippen MR) is 97.5 cm³/mol. The van der Waals surface area contributed by atoms with Gasteiger partial charge in [-0.1, -0.05) is 42.5 Å². The second-order valence-corrected chi connectivity index (χ2v) is 6.38. The summed E-state index contributed by atoms with van der Waals surface area (Å²) in [6, 6.07) is 17.8. The Hall–Kier alpha value is -2.95. The molecular formula is C20H19N3O2. The molecule has 1 unspecified atom stereocenters. The number of hydrogen-bond donors (Lipinski definition) is 1. The number of rotatable bonds is 3. The Balaban J connectivity index is 1.83. The van der Waals surface area contributed by atoms with Crippen molar-refractivity contribution in [1.29, 1.82) is 0 Å². The van der Waals surface area contributed by atoms with E-state index in [0.717, 1.165) is 41.7 Å². The standard InChI is InChI=1S/C20H19N3O2/c24-20(25)15-9-6-12-23(13-15)19-16-10-4-5-11-17(16)21-18(22-19)14-7-2-1-3-8-14/h1-5,7-8,10-11,15H,6,9,12-13H2,(H,24,25). The number of para-hydroxylation sites is 1. The summed E-state index contributed by atoms with van der Waals surface area (Å²) in [6.07, 6.45) is 1.58. The van der Waals surface area contributed by atoms with Crippen LogP contribution in [-0.4, -0.2) is 34.1 Å². The van der Waals surface area contributed by atoms with E-state index < -0.39 is 5.97 Å². The number of nitrogens with zero attached hydrogens (tertiary/aromatic N) is 3. The first-order chi connectivity index (χ1) is 12.2. The maximum Gasteiger partial charge on any atom is 0.308 e. The highest BCUT2D eigenvalue weighted by molar-refractivity contribution is 5.91. The predicted octanol–water partition coefficient (Wildman–Crippen LogP) is 3.60. The molecule has 1 saturated heterocycles. The lowest BCUT2D eigenvalue weighted by Gasteiger charge is -2.32. The molecule has 1 aliphatic rings. The Kier molecular flexibility index (Phi) is 4.06. The van der Waals surface area contributed by atoms with Gasteiger partial charge in [0.15, 0.2) is 5.82 Å². The molecule has 0 aliphatic carbocycles. The average molecular weight is 333 g/mol. The van der Waals surface area contributed by atoms with Crippen LogP contribution >= 0.6 is 0 Å². The van der Waals surface area contributed by atoms with E-state index in [4.69, 9.17) is 9.97 Å². The summed E-state index contributed by atoms with van der Waals surface area (Å²) >= 11 is 0. The molecule has 2 heterocycles. The number of benzene rings is 2. The first-order valence-electron chi connectivity index (χ1n) is 8.52. The molecule has 1 fully saturated rings. The van der Waals surface area contributed by atoms with Gasteiger partial charge in [0.25, 0.3) is 0 Å². The lowest BCUT2D eigenvalue weighted by Crippen LogP contribution is -2.39. The van der Waals surface area contributed by atoms with Crippen molar-refractivity contribution in [1.82, 2.24) is 9.97 Å². The zero-order valence-corrected chi connectivity index (χ0v) is 13.8. The Labute approximate surface area is 146 Å². The van der Waals surface area contributed by atoms with Gasteiger partial charge in [0.05, 0.1) is 11.4 Å². The Morgan fingerprint density at radius 1 is 1.04 bits per heavy atom. The van der Waals surface area contributed by atoms with Crippen molar-refractivity contribution in [3.63, 3.8) is 0 Å². The Morgan fingerprint density at radius 3 is 2.60 bits per heavy atom. The maximum atomic E-state index is 11.4. The van der Waals surface area contributed by atoms with Gasteiger partial charge in [0.1, 0.15) is 5.82 Å². The van der Waals surface area contributed by atoms with Crippen LogP contribution in [0.4, 0.5) is 5.82 Å². The van der Waals surface area contributed by atoms with Gasteiger partial charge in [-0.2, -0.15) is 0 Å². The van der Waals surface area contributed by atoms with Crippen molar-refractivity contribution >= 4 is 22.7 Å². The number of fused-ring (bicyclic) bond motifs is 1. The van der Waals surface area contributed by atoms with E-state index in [1.54, 1.807) is 0 Å². The second kappa shape index (κ2) is 6.51. The normalized spacial score (nSPS) is 17.6. The molecule has 1 atom stereocenters. The minimum absolute atomic E-state index is 0.345. The highest BCUT2D eigenvalue weighted by Crippen LogP contribution is 2.30. The summed E-state index contributed by atoms with van der Waals surface area (Å²) in [5, 5.41) is 10.4. The molecule has 0 spiro atoms. The lowest BCUT2D eigenvalue weighted by atomic mass is 9.98. The zero-order chi connectivity index (χ0) is 17.2. The molecular weight excluding hydrogens is 314 g/mol. The summed E-state index contributed by atoms with van der Waals surface area (Å²) in [5.74, 6) is 0.427. The highest BCUT2D eigenvalue weighted by Gasteiger charge is 2.27. The Bertz CT molecular complexity index is 911. The molecule has 126 valence electrons. The first kappa shape index (κ1) is 15.6. The lowest BCUT2D eigenvalue weighted by molar-refractivity contribution is -0.141. The fourth-order valence-corrected chi connectivity index (χ4v) is 3.39. The number of carboxylic acid groups (broad SMARTS) is 1. The van der Waals surface area contributed by atoms with Crippen LogP contribution in [0.3, 0.4) is 0 Å². The zero-order valence-electron chi connectivity index (χ0n) is 13.8. The van der Waals surface area contributed by atoms with E-state index >= 15 is 0 Å². The average Bonchev–Trinajstić information content (AvgIpc) is 2.68. The molecule has 0 saturated carbocycles. The van der Waals surface area contributed by atoms with Gasteiger partial charge >= 0.3 is 5.97 Å². The summed E-state index contributed by atoms with van der Waals surface area (Å²) < 4.78 is 0. The molecule has 2 aromatic carbocycles. The molecule has 0 amide bonds. The van der Waals surface area contributed by atoms with E-state index in [1.165, 1.54) is 0 Å². The summed E-state index contributed by atoms with van der Waals surface area (Å²) in [6.45, 7) is 1.31. The fourth-order valence-electron chi connectivity index (χ4n) is 3.39. The van der Waals surface area contributed by atoms with E-state index in [1.807, 2.05) is 54.6 Å². The van der Waals surface area contributed by atoms with Crippen molar-refractivity contribution in [2.24, 2.45) is 5.92 Å². The van der Waals surface area contributed by atoms with E-state index in [-0.39, 0.29) is 5.92 Å². The molecule has 0 radical (unpaired) electrons. The third-order valence-corrected chi connectivity index (χ3v) is 4.69. The quantitative estimate of drug-likeness (QED) is 0.793. The van der Waals surface area contributed by atoms with E-state index in [9.17, 15) is 9.90 Å². The van der Waals surface area contributed by atoms with E-state index in [2.05, 4.69) is 4.90 Å². The highest BCUT2D eigenvalue weighted by atomic mass is 16.4. The van der Waals surface area contributed by atoms with Gasteiger partial charge in [-0.05, 0) is 25.0 Å². The Morgan fingerprint density at radius 2 is 1.80 bits per heavy atom. The van der Waals surface area contributed by atoms with Crippen LogP contribution in [-0.2, 0) is 4.79 Å². The molecule has 1 aromatic heterocycles. The minimum Gasteiger partial charge on any atom is -0.481 e. The van der Waals surface area contributed by atoms with Crippen molar-refractivity contribution < 1.29 is 9.90 Å². The van der Waals surface area contributed by atoms with Crippen molar-refractivity contribution in [3.05, 3.63) is 54.6 Å². The number of piperidine rings is 1. The number of carbonyl (C=O) groups is 1. The topological polar surface area (TPSA) is 66.3 Å². The van der Waals surface area contributed by atoms with Crippen LogP contribution in [0.2, 0.25) is 0 Å². The minimum atomic E-state index is -0.730. The summed E-state index contributed by atoms with van der Waals surface area (Å²) in [4.78, 5) is 23.0. The third kappa shape index (κ3) is 3.05. The van der Waals surface area contributed by atoms with Crippen LogP contribution in [0, 0.1) is 5.92 Å². The first-order valence-corrected chi connectivity index (χ1v) is 8.52. The molecule has 5 heteroatoms. The summed E-state index contributed by atoms with van der Waals surface area (Å²) in [7, 11) is 0. The monoisotopic (exact) mass is 333 g/mol. The SMILES string of the molecule is O=C(O)C1CCCN(c2nc(-c3ccccc3)nc3ccccc23)C1. The third-order valence-electron chi connectivity index (χ3n) is 4.69. The van der Waals surface area contributed by atoms with Crippen molar-refractivity contribution in [3.8, 4) is 11.4 Å². The smallest absolute Gasteiger partial charge is 0.308 e. The molecule has 5 nitrogen and oxygen atoms in total. The molecule has 25 heavy (non-hydrogen) atoms. The van der Waals surface area contributed by atoms with Crippen LogP contribution in [0.15, 0.2) is 54.6 Å². The van der Waals surface area contributed by atoms with Gasteiger partial charge in [-0.15, -0.1) is 0 Å². The summed E-state index contributed by atoms with van der Waals surface area (Å²) in [5.41, 5.74) is 1.84. The number of carboxylic acids is 1. The van der Waals surface area contributed by atoms with Crippen molar-refractivity contribution in [2.45, 2.75) is 12.8 Å². The van der Waals surface area contributed by atoms with Gasteiger partial charge in [0.2, 0.25) is 0 Å². The van der Waals surface area contributed by atoms with Gasteiger partial charge in [-0.3, -0.25) is 4.79 Å². The molecule has 4 rings (SSSR count). The van der Waals surface area contributed by atoms with E-state index in [0.29, 0.717) is 12.4 Å². The van der Waals surface area contributed by atoms with Gasteiger partial charge in [-0.25, -0.2) is 9.97 Å². The number of aliphatic carboxylic acids is 1. The largest absolute Gasteiger partial charge is 0.481 e. The van der Waals surface area contributed by atoms with Gasteiger partial charge in [0, 0.05) is 24.0 Å². The number of hydrogen-bond acceptors (Lipinski definition) is 4. The van der Waals surface area contributed by atoms with Crippen LogP contribution in [0.1, 0.15) is 12.8 Å².